The summed E-state index contributed by atoms with van der Waals surface area (Å²) < 4.78 is 0. The molecule has 0 saturated heterocycles. The third kappa shape index (κ3) is 3.92. The zero-order valence-corrected chi connectivity index (χ0v) is 14.8. The van der Waals surface area contributed by atoms with Crippen LogP contribution in [0.1, 0.15) is 50.0 Å². The van der Waals surface area contributed by atoms with Crippen LogP contribution in [0.4, 0.5) is 0 Å². The molecule has 5 nitrogen and oxygen atoms in total. The van der Waals surface area contributed by atoms with E-state index < -0.39 is 11.9 Å². The standard InChI is InChI=1S/C22H18O5/c1-13-9-20(24)18-11-15(7-8-17(18)21(13)25)19(23)12-16(22(26)27)10-14-5-3-2-4-6-14/h2-9,11,16H,10,12H2,1H3,(H,26,27)/t16-/m1/s1. The first kappa shape index (κ1) is 18.5. The van der Waals surface area contributed by atoms with Gasteiger partial charge < -0.3 is 5.11 Å². The molecule has 1 aliphatic rings. The molecule has 0 aromatic heterocycles. The van der Waals surface area contributed by atoms with E-state index in [1.807, 2.05) is 30.3 Å². The molecule has 27 heavy (non-hydrogen) atoms. The maximum Gasteiger partial charge on any atom is 0.307 e. The second-order valence-electron chi connectivity index (χ2n) is 6.63. The summed E-state index contributed by atoms with van der Waals surface area (Å²) in [6.07, 6.45) is 1.32. The van der Waals surface area contributed by atoms with Crippen LogP contribution in [0, 0.1) is 5.92 Å². The second-order valence-corrected chi connectivity index (χ2v) is 6.63. The molecule has 1 N–H and O–H groups in total. The lowest BCUT2D eigenvalue weighted by atomic mass is 9.87. The average Bonchev–Trinajstić information content (AvgIpc) is 2.66. The van der Waals surface area contributed by atoms with E-state index in [-0.39, 0.29) is 46.9 Å². The van der Waals surface area contributed by atoms with Crippen molar-refractivity contribution in [2.24, 2.45) is 5.92 Å². The molecule has 5 heteroatoms. The van der Waals surface area contributed by atoms with Crippen molar-refractivity contribution in [2.45, 2.75) is 19.8 Å². The Morgan fingerprint density at radius 3 is 2.37 bits per heavy atom. The molecule has 2 aromatic rings. The Labute approximate surface area is 156 Å². The molecular formula is C22H18O5. The Hall–Kier alpha value is -3.34. The summed E-state index contributed by atoms with van der Waals surface area (Å²) in [4.78, 5) is 48.5. The zero-order chi connectivity index (χ0) is 19.6. The van der Waals surface area contributed by atoms with Gasteiger partial charge in [0.25, 0.3) is 0 Å². The van der Waals surface area contributed by atoms with Crippen molar-refractivity contribution in [3.05, 3.63) is 82.4 Å². The molecule has 0 amide bonds. The van der Waals surface area contributed by atoms with Gasteiger partial charge in [0.1, 0.15) is 0 Å². The third-order valence-corrected chi connectivity index (χ3v) is 4.66. The normalized spacial score (nSPS) is 14.3. The SMILES string of the molecule is CC1=CC(=O)c2cc(C(=O)C[C@@H](Cc3ccccc3)C(=O)O)ccc2C1=O. The highest BCUT2D eigenvalue weighted by Gasteiger charge is 2.26. The summed E-state index contributed by atoms with van der Waals surface area (Å²) in [5.74, 6) is -2.84. The van der Waals surface area contributed by atoms with E-state index in [1.54, 1.807) is 6.92 Å². The topological polar surface area (TPSA) is 88.5 Å². The van der Waals surface area contributed by atoms with Gasteiger partial charge in [-0.1, -0.05) is 36.4 Å². The first-order chi connectivity index (χ1) is 12.9. The van der Waals surface area contributed by atoms with Crippen molar-refractivity contribution in [1.29, 1.82) is 0 Å². The number of carbonyl (C=O) groups excluding carboxylic acids is 3. The highest BCUT2D eigenvalue weighted by molar-refractivity contribution is 6.24. The molecule has 0 aliphatic heterocycles. The lowest BCUT2D eigenvalue weighted by molar-refractivity contribution is -0.141. The number of fused-ring (bicyclic) bond motifs is 1. The monoisotopic (exact) mass is 362 g/mol. The Morgan fingerprint density at radius 1 is 1.00 bits per heavy atom. The number of allylic oxidation sites excluding steroid dienone is 2. The van der Waals surface area contributed by atoms with Crippen LogP contribution in [0.2, 0.25) is 0 Å². The minimum Gasteiger partial charge on any atom is -0.481 e. The summed E-state index contributed by atoms with van der Waals surface area (Å²) in [6.45, 7) is 1.57. The molecule has 1 atom stereocenters. The van der Waals surface area contributed by atoms with E-state index in [9.17, 15) is 24.3 Å². The van der Waals surface area contributed by atoms with E-state index in [2.05, 4.69) is 0 Å². The number of carboxylic acid groups (broad SMARTS) is 1. The molecule has 0 bridgehead atoms. The predicted octanol–water partition coefficient (Wildman–Crippen LogP) is 3.53. The maximum absolute atomic E-state index is 12.6. The first-order valence-corrected chi connectivity index (χ1v) is 8.58. The molecule has 3 rings (SSSR count). The summed E-state index contributed by atoms with van der Waals surface area (Å²) in [6, 6.07) is 13.4. The van der Waals surface area contributed by atoms with Gasteiger partial charge in [-0.3, -0.25) is 19.2 Å². The van der Waals surface area contributed by atoms with Gasteiger partial charge in [-0.15, -0.1) is 0 Å². The van der Waals surface area contributed by atoms with Gasteiger partial charge >= 0.3 is 5.97 Å². The number of Topliss-reactive ketones (excluding diaryl/α,β-unsaturated/α-hetero) is 2. The van der Waals surface area contributed by atoms with Gasteiger partial charge in [-0.05, 0) is 37.1 Å². The van der Waals surface area contributed by atoms with E-state index in [1.165, 1.54) is 24.3 Å². The van der Waals surface area contributed by atoms with Crippen LogP contribution in [0.25, 0.3) is 0 Å². The third-order valence-electron chi connectivity index (χ3n) is 4.66. The number of hydrogen-bond acceptors (Lipinski definition) is 4. The number of ketones is 3. The molecule has 0 heterocycles. The summed E-state index contributed by atoms with van der Waals surface area (Å²) >= 11 is 0. The van der Waals surface area contributed by atoms with Gasteiger partial charge in [-0.2, -0.15) is 0 Å². The smallest absolute Gasteiger partial charge is 0.307 e. The van der Waals surface area contributed by atoms with E-state index in [0.717, 1.165) is 5.56 Å². The van der Waals surface area contributed by atoms with Crippen LogP contribution in [0.15, 0.2) is 60.2 Å². The summed E-state index contributed by atoms with van der Waals surface area (Å²) in [5.41, 5.74) is 1.90. The fourth-order valence-electron chi connectivity index (χ4n) is 3.16. The number of benzene rings is 2. The highest BCUT2D eigenvalue weighted by atomic mass is 16.4. The largest absolute Gasteiger partial charge is 0.481 e. The maximum atomic E-state index is 12.6. The van der Waals surface area contributed by atoms with E-state index >= 15 is 0 Å². The van der Waals surface area contributed by atoms with Crippen LogP contribution in [-0.4, -0.2) is 28.4 Å². The Bertz CT molecular complexity index is 969. The fraction of sp³-hybridized carbons (Fsp3) is 0.182. The molecule has 0 saturated carbocycles. The zero-order valence-electron chi connectivity index (χ0n) is 14.8. The summed E-state index contributed by atoms with van der Waals surface area (Å²) in [5, 5.41) is 9.47. The highest BCUT2D eigenvalue weighted by Crippen LogP contribution is 2.24. The number of hydrogen-bond donors (Lipinski definition) is 1. The minimum atomic E-state index is -1.05. The molecule has 2 aromatic carbocycles. The molecule has 1 aliphatic carbocycles. The number of carboxylic acids is 1. The van der Waals surface area contributed by atoms with Crippen LogP contribution in [0.5, 0.6) is 0 Å². The molecule has 0 fully saturated rings. The van der Waals surface area contributed by atoms with Crippen molar-refractivity contribution in [3.63, 3.8) is 0 Å². The van der Waals surface area contributed by atoms with Gasteiger partial charge in [-0.25, -0.2) is 0 Å². The number of rotatable bonds is 6. The lowest BCUT2D eigenvalue weighted by Crippen LogP contribution is -2.21. The van der Waals surface area contributed by atoms with E-state index in [4.69, 9.17) is 0 Å². The van der Waals surface area contributed by atoms with Gasteiger partial charge in [0.05, 0.1) is 5.92 Å². The average molecular weight is 362 g/mol. The van der Waals surface area contributed by atoms with Crippen molar-refractivity contribution in [1.82, 2.24) is 0 Å². The lowest BCUT2D eigenvalue weighted by Gasteiger charge is -2.15. The van der Waals surface area contributed by atoms with Gasteiger partial charge in [0.15, 0.2) is 17.3 Å². The first-order valence-electron chi connectivity index (χ1n) is 8.58. The predicted molar refractivity (Wildman–Crippen MR) is 99.1 cm³/mol. The number of carbonyl (C=O) groups is 4. The Morgan fingerprint density at radius 2 is 1.70 bits per heavy atom. The van der Waals surface area contributed by atoms with Crippen molar-refractivity contribution in [2.75, 3.05) is 0 Å². The molecule has 0 unspecified atom stereocenters. The fourth-order valence-corrected chi connectivity index (χ4v) is 3.16. The van der Waals surface area contributed by atoms with Gasteiger partial charge in [0, 0.05) is 28.7 Å². The Balaban J connectivity index is 1.82. The van der Waals surface area contributed by atoms with Gasteiger partial charge in [0.2, 0.25) is 0 Å². The molecule has 0 radical (unpaired) electrons. The minimum absolute atomic E-state index is 0.181. The van der Waals surface area contributed by atoms with Crippen LogP contribution >= 0.6 is 0 Å². The molecule has 136 valence electrons. The molecular weight excluding hydrogens is 344 g/mol. The Kier molecular flexibility index (Phi) is 5.12. The van der Waals surface area contributed by atoms with E-state index in [0.29, 0.717) is 5.57 Å². The second kappa shape index (κ2) is 7.50. The number of aliphatic carboxylic acids is 1. The van der Waals surface area contributed by atoms with Crippen LogP contribution < -0.4 is 0 Å². The molecule has 0 spiro atoms. The quantitative estimate of drug-likeness (QED) is 0.794. The van der Waals surface area contributed by atoms with Crippen LogP contribution in [-0.2, 0) is 11.2 Å². The van der Waals surface area contributed by atoms with Crippen molar-refractivity contribution < 1.29 is 24.3 Å². The van der Waals surface area contributed by atoms with Crippen molar-refractivity contribution >= 4 is 23.3 Å². The summed E-state index contributed by atoms with van der Waals surface area (Å²) in [7, 11) is 0. The van der Waals surface area contributed by atoms with Crippen LogP contribution in [0.3, 0.4) is 0 Å². The van der Waals surface area contributed by atoms with Crippen molar-refractivity contribution in [3.8, 4) is 0 Å².